The summed E-state index contributed by atoms with van der Waals surface area (Å²) in [7, 11) is 0. The topological polar surface area (TPSA) is 106 Å². The van der Waals surface area contributed by atoms with Gasteiger partial charge in [0, 0.05) is 12.6 Å². The number of rotatable bonds is 4. The van der Waals surface area contributed by atoms with Crippen molar-refractivity contribution in [3.05, 3.63) is 33.7 Å². The Morgan fingerprint density at radius 2 is 2.21 bits per heavy atom. The molecule has 0 aromatic carbocycles. The van der Waals surface area contributed by atoms with Crippen molar-refractivity contribution in [2.75, 3.05) is 6.54 Å². The van der Waals surface area contributed by atoms with Crippen LogP contribution in [0.5, 0.6) is 0 Å². The number of carbonyl (C=O) groups excluding carboxylic acids is 2. The van der Waals surface area contributed by atoms with Crippen LogP contribution in [0.1, 0.15) is 19.1 Å². The molecule has 0 bridgehead atoms. The Bertz CT molecular complexity index is 575. The van der Waals surface area contributed by atoms with Crippen LogP contribution in [0.25, 0.3) is 6.08 Å². The van der Waals surface area contributed by atoms with Crippen molar-refractivity contribution in [1.29, 1.82) is 0 Å². The number of imide groups is 1. The number of carbonyl (C=O) groups is 2. The smallest absolute Gasteiger partial charge is 0.401 e. The number of hydrogen-bond acceptors (Lipinski definition) is 5. The van der Waals surface area contributed by atoms with Crippen LogP contribution in [0.4, 0.5) is 10.7 Å². The fourth-order valence-corrected chi connectivity index (χ4v) is 1.66. The van der Waals surface area contributed by atoms with Crippen molar-refractivity contribution in [2.45, 2.75) is 13.3 Å². The van der Waals surface area contributed by atoms with Crippen LogP contribution in [0.2, 0.25) is 0 Å². The van der Waals surface area contributed by atoms with E-state index in [1.54, 1.807) is 0 Å². The molecule has 0 aliphatic carbocycles. The zero-order valence-electron chi connectivity index (χ0n) is 10.1. The van der Waals surface area contributed by atoms with Crippen LogP contribution in [0, 0.1) is 10.1 Å². The summed E-state index contributed by atoms with van der Waals surface area (Å²) in [5.74, 6) is -0.756. The monoisotopic (exact) mass is 265 g/mol. The van der Waals surface area contributed by atoms with Gasteiger partial charge in [-0.1, -0.05) is 6.92 Å². The first kappa shape index (κ1) is 12.8. The third-order valence-electron chi connectivity index (χ3n) is 2.49. The third kappa shape index (κ3) is 2.46. The summed E-state index contributed by atoms with van der Waals surface area (Å²) in [6.45, 7) is 2.17. The van der Waals surface area contributed by atoms with Crippen molar-refractivity contribution < 1.29 is 18.9 Å². The molecule has 1 fully saturated rings. The van der Waals surface area contributed by atoms with Crippen LogP contribution in [0.15, 0.2) is 22.2 Å². The predicted molar refractivity (Wildman–Crippen MR) is 63.9 cm³/mol. The summed E-state index contributed by atoms with van der Waals surface area (Å²) in [5, 5.41) is 12.8. The predicted octanol–water partition coefficient (Wildman–Crippen LogP) is 1.49. The molecular formula is C11H11N3O5. The Hall–Kier alpha value is -2.64. The van der Waals surface area contributed by atoms with Crippen molar-refractivity contribution in [3.8, 4) is 0 Å². The first-order valence-electron chi connectivity index (χ1n) is 5.61. The minimum absolute atomic E-state index is 0.0442. The summed E-state index contributed by atoms with van der Waals surface area (Å²) in [6, 6.07) is 2.03. The average molecular weight is 265 g/mol. The maximum absolute atomic E-state index is 11.8. The highest BCUT2D eigenvalue weighted by molar-refractivity contribution is 6.13. The molecule has 1 aromatic heterocycles. The Morgan fingerprint density at radius 1 is 1.47 bits per heavy atom. The zero-order valence-corrected chi connectivity index (χ0v) is 10.1. The van der Waals surface area contributed by atoms with Gasteiger partial charge in [-0.3, -0.25) is 19.8 Å². The highest BCUT2D eigenvalue weighted by Gasteiger charge is 2.33. The molecule has 1 saturated heterocycles. The van der Waals surface area contributed by atoms with E-state index in [9.17, 15) is 19.7 Å². The molecule has 1 aromatic rings. The molecule has 0 saturated carbocycles. The van der Waals surface area contributed by atoms with E-state index in [4.69, 9.17) is 4.42 Å². The van der Waals surface area contributed by atoms with Gasteiger partial charge in [0.1, 0.15) is 16.4 Å². The molecule has 0 unspecified atom stereocenters. The van der Waals surface area contributed by atoms with Gasteiger partial charge in [-0.25, -0.2) is 4.79 Å². The second-order valence-corrected chi connectivity index (χ2v) is 3.88. The summed E-state index contributed by atoms with van der Waals surface area (Å²) < 4.78 is 4.89. The number of nitrogens with one attached hydrogen (secondary N) is 1. The van der Waals surface area contributed by atoms with Gasteiger partial charge in [0.2, 0.25) is 0 Å². The van der Waals surface area contributed by atoms with E-state index < -0.39 is 22.7 Å². The molecule has 2 heterocycles. The molecule has 1 aliphatic rings. The molecule has 0 radical (unpaired) electrons. The normalized spacial score (nSPS) is 17.1. The molecule has 8 heteroatoms. The molecule has 1 N–H and O–H groups in total. The largest absolute Gasteiger partial charge is 0.433 e. The van der Waals surface area contributed by atoms with Gasteiger partial charge in [0.15, 0.2) is 0 Å². The van der Waals surface area contributed by atoms with Gasteiger partial charge in [-0.05, 0) is 12.5 Å². The number of furan rings is 1. The van der Waals surface area contributed by atoms with Crippen molar-refractivity contribution in [2.24, 2.45) is 0 Å². The van der Waals surface area contributed by atoms with Crippen molar-refractivity contribution in [1.82, 2.24) is 10.2 Å². The first-order valence-corrected chi connectivity index (χ1v) is 5.61. The number of nitro groups is 1. The van der Waals surface area contributed by atoms with Gasteiger partial charge in [0.05, 0.1) is 6.07 Å². The van der Waals surface area contributed by atoms with Crippen LogP contribution in [-0.4, -0.2) is 28.3 Å². The Kier molecular flexibility index (Phi) is 3.32. The van der Waals surface area contributed by atoms with Gasteiger partial charge in [-0.15, -0.1) is 0 Å². The molecule has 19 heavy (non-hydrogen) atoms. The van der Waals surface area contributed by atoms with Gasteiger partial charge < -0.3 is 9.73 Å². The van der Waals surface area contributed by atoms with Crippen LogP contribution < -0.4 is 5.32 Å². The molecular weight excluding hydrogens is 254 g/mol. The average Bonchev–Trinajstić information content (AvgIpc) is 2.91. The summed E-state index contributed by atoms with van der Waals surface area (Å²) in [5.41, 5.74) is 0.0442. The zero-order chi connectivity index (χ0) is 14.0. The van der Waals surface area contributed by atoms with Crippen molar-refractivity contribution in [3.63, 3.8) is 0 Å². The van der Waals surface area contributed by atoms with E-state index in [2.05, 4.69) is 5.32 Å². The Labute approximate surface area is 107 Å². The van der Waals surface area contributed by atoms with E-state index >= 15 is 0 Å². The lowest BCUT2D eigenvalue weighted by Crippen LogP contribution is -2.31. The second-order valence-electron chi connectivity index (χ2n) is 3.88. The number of urea groups is 1. The minimum Gasteiger partial charge on any atom is -0.401 e. The van der Waals surface area contributed by atoms with Crippen LogP contribution in [-0.2, 0) is 4.79 Å². The summed E-state index contributed by atoms with van der Waals surface area (Å²) in [4.78, 5) is 34.2. The molecule has 0 spiro atoms. The van der Waals surface area contributed by atoms with Gasteiger partial charge >= 0.3 is 11.9 Å². The molecule has 1 aliphatic heterocycles. The Morgan fingerprint density at radius 3 is 2.79 bits per heavy atom. The van der Waals surface area contributed by atoms with E-state index in [1.807, 2.05) is 6.92 Å². The summed E-state index contributed by atoms with van der Waals surface area (Å²) >= 11 is 0. The highest BCUT2D eigenvalue weighted by Crippen LogP contribution is 2.20. The van der Waals surface area contributed by atoms with Gasteiger partial charge in [-0.2, -0.15) is 0 Å². The summed E-state index contributed by atoms with van der Waals surface area (Å²) in [6.07, 6.45) is 1.92. The lowest BCUT2D eigenvalue weighted by molar-refractivity contribution is -0.402. The minimum atomic E-state index is -0.680. The SMILES string of the molecule is CCCN1C(=O)N/C(=C/c2ccc([N+](=O)[O-])o2)C1=O. The van der Waals surface area contributed by atoms with Crippen LogP contribution >= 0.6 is 0 Å². The number of nitrogens with zero attached hydrogens (tertiary/aromatic N) is 2. The fraction of sp³-hybridized carbons (Fsp3) is 0.273. The number of hydrogen-bond donors (Lipinski definition) is 1. The Balaban J connectivity index is 2.22. The standard InChI is InChI=1S/C11H11N3O5/c1-2-5-13-10(15)8(12-11(13)16)6-7-3-4-9(19-7)14(17)18/h3-4,6H,2,5H2,1H3,(H,12,16)/b8-6+. The maximum Gasteiger partial charge on any atom is 0.433 e. The van der Waals surface area contributed by atoms with Crippen molar-refractivity contribution >= 4 is 23.9 Å². The molecule has 0 atom stereocenters. The van der Waals surface area contributed by atoms with Gasteiger partial charge in [0.25, 0.3) is 5.91 Å². The lowest BCUT2D eigenvalue weighted by Gasteiger charge is -2.08. The molecule has 2 rings (SSSR count). The first-order chi connectivity index (χ1) is 9.02. The molecule has 8 nitrogen and oxygen atoms in total. The highest BCUT2D eigenvalue weighted by atomic mass is 16.6. The fourth-order valence-electron chi connectivity index (χ4n) is 1.66. The van der Waals surface area contributed by atoms with Crippen LogP contribution in [0.3, 0.4) is 0 Å². The van der Waals surface area contributed by atoms with E-state index in [0.717, 1.165) is 4.90 Å². The van der Waals surface area contributed by atoms with E-state index in [-0.39, 0.29) is 11.5 Å². The third-order valence-corrected chi connectivity index (χ3v) is 2.49. The molecule has 3 amide bonds. The quantitative estimate of drug-likeness (QED) is 0.384. The lowest BCUT2D eigenvalue weighted by atomic mass is 10.3. The maximum atomic E-state index is 11.8. The number of amides is 3. The second kappa shape index (κ2) is 4.92. The molecule has 100 valence electrons. The van der Waals surface area contributed by atoms with E-state index in [0.29, 0.717) is 13.0 Å². The van der Waals surface area contributed by atoms with E-state index in [1.165, 1.54) is 18.2 Å².